The van der Waals surface area contributed by atoms with E-state index in [0.29, 0.717) is 0 Å². The lowest BCUT2D eigenvalue weighted by molar-refractivity contribution is 0.0402. The van der Waals surface area contributed by atoms with Gasteiger partial charge in [0.05, 0.1) is 6.20 Å². The van der Waals surface area contributed by atoms with Crippen molar-refractivity contribution >= 4 is 15.9 Å². The van der Waals surface area contributed by atoms with Gasteiger partial charge in [-0.25, -0.2) is 0 Å². The third-order valence-electron chi connectivity index (χ3n) is 4.87. The van der Waals surface area contributed by atoms with Gasteiger partial charge in [-0.2, -0.15) is 0 Å². The van der Waals surface area contributed by atoms with Crippen LogP contribution in [0, 0.1) is 11.8 Å². The number of benzene rings is 1. The molecule has 21 heavy (non-hydrogen) atoms. The standard InChI is InChI=1S/C16H19BrN4/c17-15-3-1-2-13(8-15)16-11-21(19-18-16)10-14-9-20-6-4-12(14)5-7-20/h1-3,8,11-12,14H,4-7,9-10H2/t14-/m1/s1. The van der Waals surface area contributed by atoms with Crippen LogP contribution in [0.3, 0.4) is 0 Å². The predicted molar refractivity (Wildman–Crippen MR) is 85.8 cm³/mol. The maximum Gasteiger partial charge on any atom is 0.113 e. The van der Waals surface area contributed by atoms with Crippen molar-refractivity contribution in [3.8, 4) is 11.3 Å². The van der Waals surface area contributed by atoms with Crippen molar-refractivity contribution in [3.05, 3.63) is 34.9 Å². The van der Waals surface area contributed by atoms with Gasteiger partial charge in [0.25, 0.3) is 0 Å². The maximum absolute atomic E-state index is 4.33. The average molecular weight is 347 g/mol. The number of nitrogens with zero attached hydrogens (tertiary/aromatic N) is 4. The van der Waals surface area contributed by atoms with Gasteiger partial charge >= 0.3 is 0 Å². The van der Waals surface area contributed by atoms with E-state index < -0.39 is 0 Å². The zero-order valence-corrected chi connectivity index (χ0v) is 13.5. The zero-order valence-electron chi connectivity index (χ0n) is 12.0. The second-order valence-corrected chi connectivity index (χ2v) is 7.15. The molecule has 4 nitrogen and oxygen atoms in total. The average Bonchev–Trinajstić information content (AvgIpc) is 2.97. The Hall–Kier alpha value is -1.20. The first-order valence-corrected chi connectivity index (χ1v) is 8.46. The van der Waals surface area contributed by atoms with Crippen molar-refractivity contribution in [1.29, 1.82) is 0 Å². The van der Waals surface area contributed by atoms with Crippen molar-refractivity contribution in [1.82, 2.24) is 19.9 Å². The van der Waals surface area contributed by atoms with Crippen LogP contribution in [0.15, 0.2) is 34.9 Å². The maximum atomic E-state index is 4.33. The molecule has 1 atom stereocenters. The monoisotopic (exact) mass is 346 g/mol. The van der Waals surface area contributed by atoms with E-state index in [4.69, 9.17) is 0 Å². The lowest BCUT2D eigenvalue weighted by Crippen LogP contribution is -2.48. The van der Waals surface area contributed by atoms with E-state index >= 15 is 0 Å². The van der Waals surface area contributed by atoms with Gasteiger partial charge in [0.1, 0.15) is 5.69 Å². The first-order chi connectivity index (χ1) is 10.3. The first-order valence-electron chi connectivity index (χ1n) is 7.66. The Balaban J connectivity index is 1.50. The second kappa shape index (κ2) is 5.54. The van der Waals surface area contributed by atoms with Crippen LogP contribution < -0.4 is 0 Å². The van der Waals surface area contributed by atoms with Gasteiger partial charge < -0.3 is 4.90 Å². The van der Waals surface area contributed by atoms with Crippen LogP contribution in [0.2, 0.25) is 0 Å². The lowest BCUT2D eigenvalue weighted by atomic mass is 9.79. The number of hydrogen-bond donors (Lipinski definition) is 0. The largest absolute Gasteiger partial charge is 0.303 e. The molecule has 1 aromatic heterocycles. The summed E-state index contributed by atoms with van der Waals surface area (Å²) in [5.74, 6) is 1.62. The summed E-state index contributed by atoms with van der Waals surface area (Å²) in [4.78, 5) is 2.59. The Morgan fingerprint density at radius 1 is 1.24 bits per heavy atom. The minimum Gasteiger partial charge on any atom is -0.303 e. The van der Waals surface area contributed by atoms with Crippen LogP contribution in [-0.4, -0.2) is 39.5 Å². The highest BCUT2D eigenvalue weighted by molar-refractivity contribution is 9.10. The van der Waals surface area contributed by atoms with Crippen LogP contribution in [0.25, 0.3) is 11.3 Å². The fraction of sp³-hybridized carbons (Fsp3) is 0.500. The predicted octanol–water partition coefficient (Wildman–Crippen LogP) is 3.05. The molecular weight excluding hydrogens is 328 g/mol. The first kappa shape index (κ1) is 13.5. The summed E-state index contributed by atoms with van der Waals surface area (Å²) in [6.07, 6.45) is 4.80. The third-order valence-corrected chi connectivity index (χ3v) is 5.37. The van der Waals surface area contributed by atoms with Gasteiger partial charge in [-0.15, -0.1) is 5.10 Å². The van der Waals surface area contributed by atoms with E-state index in [1.54, 1.807) is 0 Å². The van der Waals surface area contributed by atoms with Crippen molar-refractivity contribution in [3.63, 3.8) is 0 Å². The molecule has 0 spiro atoms. The molecule has 3 aliphatic rings. The SMILES string of the molecule is Brc1cccc(-c2cn(C[C@H]3CN4CCC3CC4)nn2)c1. The molecule has 3 fully saturated rings. The lowest BCUT2D eigenvalue weighted by Gasteiger charge is -2.44. The molecular formula is C16H19BrN4. The summed E-state index contributed by atoms with van der Waals surface area (Å²) < 4.78 is 3.11. The van der Waals surface area contributed by atoms with Gasteiger partial charge in [0, 0.05) is 23.1 Å². The summed E-state index contributed by atoms with van der Waals surface area (Å²) in [6, 6.07) is 8.23. The Morgan fingerprint density at radius 2 is 2.10 bits per heavy atom. The molecule has 0 amide bonds. The molecule has 5 rings (SSSR count). The number of halogens is 1. The number of rotatable bonds is 3. The van der Waals surface area contributed by atoms with Crippen molar-refractivity contribution < 1.29 is 0 Å². The molecule has 0 aliphatic carbocycles. The van der Waals surface area contributed by atoms with Crippen LogP contribution in [0.1, 0.15) is 12.8 Å². The second-order valence-electron chi connectivity index (χ2n) is 6.23. The Labute approximate surface area is 133 Å². The minimum absolute atomic E-state index is 0.740. The summed E-state index contributed by atoms with van der Waals surface area (Å²) in [6.45, 7) is 4.82. The Morgan fingerprint density at radius 3 is 2.81 bits per heavy atom. The zero-order chi connectivity index (χ0) is 14.2. The Kier molecular flexibility index (Phi) is 3.55. The number of fused-ring (bicyclic) bond motifs is 3. The molecule has 3 saturated heterocycles. The molecule has 1 aromatic carbocycles. The molecule has 110 valence electrons. The normalized spacial score (nSPS) is 28.0. The van der Waals surface area contributed by atoms with E-state index in [9.17, 15) is 0 Å². The molecule has 2 aromatic rings. The molecule has 0 saturated carbocycles. The number of piperidine rings is 3. The van der Waals surface area contributed by atoms with Crippen LogP contribution in [0.4, 0.5) is 0 Å². The summed E-state index contributed by atoms with van der Waals surface area (Å²) in [7, 11) is 0. The molecule has 5 heteroatoms. The highest BCUT2D eigenvalue weighted by Crippen LogP contribution is 2.33. The van der Waals surface area contributed by atoms with Crippen molar-refractivity contribution in [2.24, 2.45) is 11.8 Å². The van der Waals surface area contributed by atoms with Gasteiger partial charge in [0.15, 0.2) is 0 Å². The van der Waals surface area contributed by atoms with Crippen LogP contribution >= 0.6 is 15.9 Å². The number of aromatic nitrogens is 3. The van der Waals surface area contributed by atoms with Gasteiger partial charge in [0.2, 0.25) is 0 Å². The quantitative estimate of drug-likeness (QED) is 0.856. The molecule has 4 heterocycles. The fourth-order valence-corrected chi connectivity index (χ4v) is 4.10. The van der Waals surface area contributed by atoms with E-state index in [1.807, 2.05) is 16.8 Å². The highest BCUT2D eigenvalue weighted by Gasteiger charge is 2.34. The molecule has 0 N–H and O–H groups in total. The molecule has 0 radical (unpaired) electrons. The van der Waals surface area contributed by atoms with Crippen LogP contribution in [-0.2, 0) is 6.54 Å². The highest BCUT2D eigenvalue weighted by atomic mass is 79.9. The van der Waals surface area contributed by atoms with Crippen molar-refractivity contribution in [2.75, 3.05) is 19.6 Å². The topological polar surface area (TPSA) is 34.0 Å². The van der Waals surface area contributed by atoms with Crippen LogP contribution in [0.5, 0.6) is 0 Å². The van der Waals surface area contributed by atoms with Gasteiger partial charge in [-0.1, -0.05) is 33.3 Å². The molecule has 0 unspecified atom stereocenters. The summed E-state index contributed by atoms with van der Waals surface area (Å²) in [5, 5.41) is 8.67. The molecule has 3 aliphatic heterocycles. The fourth-order valence-electron chi connectivity index (χ4n) is 3.70. The molecule has 2 bridgehead atoms. The smallest absolute Gasteiger partial charge is 0.113 e. The summed E-state index contributed by atoms with van der Waals surface area (Å²) in [5.41, 5.74) is 2.07. The Bertz CT molecular complexity index is 631. The number of hydrogen-bond acceptors (Lipinski definition) is 3. The van der Waals surface area contributed by atoms with E-state index in [0.717, 1.165) is 34.1 Å². The van der Waals surface area contributed by atoms with Crippen molar-refractivity contribution in [2.45, 2.75) is 19.4 Å². The van der Waals surface area contributed by atoms with Gasteiger partial charge in [-0.3, -0.25) is 4.68 Å². The third kappa shape index (κ3) is 2.77. The van der Waals surface area contributed by atoms with E-state index in [-0.39, 0.29) is 0 Å². The van der Waals surface area contributed by atoms with E-state index in [2.05, 4.69) is 49.5 Å². The summed E-state index contributed by atoms with van der Waals surface area (Å²) >= 11 is 3.51. The van der Waals surface area contributed by atoms with E-state index in [1.165, 1.54) is 32.5 Å². The minimum atomic E-state index is 0.740. The van der Waals surface area contributed by atoms with Gasteiger partial charge in [-0.05, 0) is 49.9 Å².